The number of benzene rings is 2. The molecule has 0 radical (unpaired) electrons. The first-order valence-electron chi connectivity index (χ1n) is 17.5. The van der Waals surface area contributed by atoms with Crippen LogP contribution in [0, 0.1) is 24.7 Å². The fraction of sp³-hybridized carbons (Fsp3) is 0.474. The molecule has 51 heavy (non-hydrogen) atoms. The van der Waals surface area contributed by atoms with E-state index in [1.54, 1.807) is 29.8 Å². The highest BCUT2D eigenvalue weighted by Crippen LogP contribution is 2.38. The van der Waals surface area contributed by atoms with Gasteiger partial charge in [-0.25, -0.2) is 4.98 Å². The third-order valence-electron chi connectivity index (χ3n) is 9.31. The summed E-state index contributed by atoms with van der Waals surface area (Å²) >= 11 is 7.81. The van der Waals surface area contributed by atoms with E-state index in [4.69, 9.17) is 11.6 Å². The van der Waals surface area contributed by atoms with Gasteiger partial charge in [0, 0.05) is 52.9 Å². The van der Waals surface area contributed by atoms with Gasteiger partial charge in [-0.15, -0.1) is 5.92 Å². The first-order chi connectivity index (χ1) is 24.4. The molecule has 3 N–H and O–H groups in total. The fourth-order valence-electron chi connectivity index (χ4n) is 6.61. The van der Waals surface area contributed by atoms with Gasteiger partial charge in [-0.05, 0) is 105 Å². The van der Waals surface area contributed by atoms with Crippen LogP contribution in [0.5, 0.6) is 0 Å². The van der Waals surface area contributed by atoms with Gasteiger partial charge >= 0.3 is 6.18 Å². The Morgan fingerprint density at radius 3 is 2.49 bits per heavy atom. The zero-order valence-electron chi connectivity index (χ0n) is 29.1. The molecule has 3 fully saturated rings. The minimum absolute atomic E-state index is 0.0342. The van der Waals surface area contributed by atoms with Crippen molar-refractivity contribution in [1.29, 1.82) is 0 Å². The molecular weight excluding hydrogens is 697 g/mol. The maximum atomic E-state index is 13.6. The van der Waals surface area contributed by atoms with Crippen LogP contribution in [0.2, 0.25) is 5.02 Å². The van der Waals surface area contributed by atoms with Crippen LogP contribution in [0.1, 0.15) is 99.8 Å². The number of anilines is 3. The molecule has 2 atom stereocenters. The standard InChI is InChI=1S/C24H32F3N5S.C14H12ClNO2/c1-16-7-6-12-32(15-16)22-20(24(25,26)27)14-28-23(30-22)29-21-11-10-19(13-17(21)2)33-31-18-8-4-3-5-9-18;1-2-3-9-4-5-10(12(15)8-9)11-6-7-13(17)16-14(11)18/h10-11,13-14,16,18,31H,3-9,12,15H2,1-2H3,(H,28,29,30);4-5,8,11H,6-7H2,1H3,(H,16,17,18). The number of nitrogens with one attached hydrogen (secondary N) is 3. The van der Waals surface area contributed by atoms with Crippen molar-refractivity contribution >= 4 is 52.8 Å². The van der Waals surface area contributed by atoms with E-state index < -0.39 is 11.7 Å². The third kappa shape index (κ3) is 10.6. The average molecular weight is 741 g/mol. The smallest absolute Gasteiger partial charge is 0.356 e. The highest BCUT2D eigenvalue weighted by molar-refractivity contribution is 7.97. The van der Waals surface area contributed by atoms with Gasteiger partial charge in [-0.2, -0.15) is 18.2 Å². The van der Waals surface area contributed by atoms with Crippen LogP contribution in [0.3, 0.4) is 0 Å². The second-order valence-electron chi connectivity index (χ2n) is 13.4. The molecule has 6 rings (SSSR count). The van der Waals surface area contributed by atoms with E-state index in [9.17, 15) is 22.8 Å². The lowest BCUT2D eigenvalue weighted by Crippen LogP contribution is -2.39. The van der Waals surface area contributed by atoms with Crippen LogP contribution in [0.25, 0.3) is 0 Å². The number of aromatic nitrogens is 2. The Balaban J connectivity index is 0.000000236. The number of alkyl halides is 3. The van der Waals surface area contributed by atoms with E-state index in [1.807, 2.05) is 31.2 Å². The first kappa shape index (κ1) is 38.4. The molecule has 8 nitrogen and oxygen atoms in total. The minimum atomic E-state index is -4.49. The molecule has 0 bridgehead atoms. The molecule has 0 spiro atoms. The number of imide groups is 1. The molecule has 2 aromatic carbocycles. The normalized spacial score (nSPS) is 19.7. The van der Waals surface area contributed by atoms with E-state index in [0.29, 0.717) is 42.9 Å². The molecule has 2 aliphatic heterocycles. The predicted molar refractivity (Wildman–Crippen MR) is 197 cm³/mol. The van der Waals surface area contributed by atoms with Crippen LogP contribution < -0.4 is 20.3 Å². The maximum Gasteiger partial charge on any atom is 0.421 e. The summed E-state index contributed by atoms with van der Waals surface area (Å²) in [5, 5.41) is 5.98. The summed E-state index contributed by atoms with van der Waals surface area (Å²) in [5.41, 5.74) is 2.57. The second kappa shape index (κ2) is 17.6. The number of hydrogen-bond acceptors (Lipinski definition) is 8. The molecular formula is C38H44ClF3N6O2S. The van der Waals surface area contributed by atoms with Crippen molar-refractivity contribution in [3.8, 4) is 11.8 Å². The predicted octanol–water partition coefficient (Wildman–Crippen LogP) is 8.94. The summed E-state index contributed by atoms with van der Waals surface area (Å²) in [7, 11) is 0. The highest BCUT2D eigenvalue weighted by atomic mass is 35.5. The maximum absolute atomic E-state index is 13.6. The molecule has 2 amide bonds. The molecule has 3 aliphatic rings. The molecule has 3 aromatic rings. The summed E-state index contributed by atoms with van der Waals surface area (Å²) in [6.45, 7) is 6.93. The number of amides is 2. The van der Waals surface area contributed by atoms with Gasteiger partial charge in [0.2, 0.25) is 17.8 Å². The Hall–Kier alpha value is -3.79. The Kier molecular flexibility index (Phi) is 13.3. The minimum Gasteiger partial charge on any atom is -0.356 e. The molecule has 1 saturated carbocycles. The van der Waals surface area contributed by atoms with Gasteiger partial charge in [0.1, 0.15) is 11.4 Å². The first-order valence-corrected chi connectivity index (χ1v) is 18.7. The van der Waals surface area contributed by atoms with E-state index in [1.165, 1.54) is 32.1 Å². The Morgan fingerprint density at radius 1 is 1.04 bits per heavy atom. The Labute approximate surface area is 307 Å². The quantitative estimate of drug-likeness (QED) is 0.126. The number of aryl methyl sites for hydroxylation is 1. The summed E-state index contributed by atoms with van der Waals surface area (Å²) < 4.78 is 44.5. The zero-order valence-corrected chi connectivity index (χ0v) is 30.7. The summed E-state index contributed by atoms with van der Waals surface area (Å²) in [6, 6.07) is 12.0. The lowest BCUT2D eigenvalue weighted by molar-refractivity contribution is -0.138. The van der Waals surface area contributed by atoms with Crippen LogP contribution in [-0.4, -0.2) is 40.9 Å². The molecule has 13 heteroatoms. The van der Waals surface area contributed by atoms with E-state index in [-0.39, 0.29) is 29.5 Å². The van der Waals surface area contributed by atoms with Gasteiger partial charge in [0.05, 0.1) is 5.92 Å². The topological polar surface area (TPSA) is 99.2 Å². The summed E-state index contributed by atoms with van der Waals surface area (Å²) in [4.78, 5) is 34.0. The van der Waals surface area contributed by atoms with Crippen molar-refractivity contribution < 1.29 is 22.8 Å². The number of nitrogens with zero attached hydrogens (tertiary/aromatic N) is 3. The largest absolute Gasteiger partial charge is 0.421 e. The lowest BCUT2D eigenvalue weighted by atomic mass is 9.90. The summed E-state index contributed by atoms with van der Waals surface area (Å²) in [5.74, 6) is 5.34. The zero-order chi connectivity index (χ0) is 36.5. The number of halogens is 4. The van der Waals surface area contributed by atoms with Crippen molar-refractivity contribution in [3.05, 3.63) is 69.9 Å². The lowest BCUT2D eigenvalue weighted by Gasteiger charge is -2.33. The average Bonchev–Trinajstić information content (AvgIpc) is 3.09. The number of piperidine rings is 2. The van der Waals surface area contributed by atoms with E-state index >= 15 is 0 Å². The number of carbonyl (C=O) groups excluding carboxylic acids is 2. The van der Waals surface area contributed by atoms with Crippen LogP contribution in [0.4, 0.5) is 30.6 Å². The molecule has 2 unspecified atom stereocenters. The SMILES string of the molecule is CC#Cc1ccc(C2CCC(=O)NC2=O)c(Cl)c1.Cc1cc(SNC2CCCCC2)ccc1Nc1ncc(C(F)(F)F)c(N2CCCC(C)C2)n1. The Morgan fingerprint density at radius 2 is 1.82 bits per heavy atom. The monoisotopic (exact) mass is 740 g/mol. The number of carbonyl (C=O) groups is 2. The fourth-order valence-corrected chi connectivity index (χ4v) is 7.83. The van der Waals surface area contributed by atoms with Crippen molar-refractivity contribution in [1.82, 2.24) is 20.0 Å². The molecule has 1 aromatic heterocycles. The van der Waals surface area contributed by atoms with Crippen molar-refractivity contribution in [3.63, 3.8) is 0 Å². The molecule has 2 saturated heterocycles. The van der Waals surface area contributed by atoms with Gasteiger partial charge in [-0.3, -0.25) is 19.6 Å². The molecule has 1 aliphatic carbocycles. The second-order valence-corrected chi connectivity index (χ2v) is 14.7. The highest BCUT2D eigenvalue weighted by Gasteiger charge is 2.37. The third-order valence-corrected chi connectivity index (χ3v) is 10.6. The van der Waals surface area contributed by atoms with Crippen LogP contribution in [-0.2, 0) is 15.8 Å². The van der Waals surface area contributed by atoms with E-state index in [0.717, 1.165) is 46.3 Å². The van der Waals surface area contributed by atoms with Gasteiger partial charge < -0.3 is 10.2 Å². The van der Waals surface area contributed by atoms with Crippen molar-refractivity contribution in [2.75, 3.05) is 23.3 Å². The number of hydrogen-bond donors (Lipinski definition) is 3. The van der Waals surface area contributed by atoms with Gasteiger partial charge in [-0.1, -0.05) is 49.8 Å². The van der Waals surface area contributed by atoms with Crippen LogP contribution in [0.15, 0.2) is 47.5 Å². The Bertz CT molecular complexity index is 1770. The van der Waals surface area contributed by atoms with E-state index in [2.05, 4.69) is 50.2 Å². The van der Waals surface area contributed by atoms with Gasteiger partial charge in [0.15, 0.2) is 0 Å². The summed E-state index contributed by atoms with van der Waals surface area (Å²) in [6.07, 6.45) is 5.47. The molecule has 272 valence electrons. The van der Waals surface area contributed by atoms with Crippen LogP contribution >= 0.6 is 23.5 Å². The number of rotatable bonds is 7. The molecule has 3 heterocycles. The van der Waals surface area contributed by atoms with Crippen molar-refractivity contribution in [2.24, 2.45) is 5.92 Å². The van der Waals surface area contributed by atoms with Gasteiger partial charge in [0.25, 0.3) is 0 Å². The van der Waals surface area contributed by atoms with Crippen molar-refractivity contribution in [2.45, 2.75) is 102 Å².